The maximum absolute atomic E-state index is 11.1. The van der Waals surface area contributed by atoms with Crippen molar-refractivity contribution in [2.45, 2.75) is 26.2 Å². The first-order valence-electron chi connectivity index (χ1n) is 7.44. The van der Waals surface area contributed by atoms with Crippen molar-refractivity contribution in [3.63, 3.8) is 0 Å². The van der Waals surface area contributed by atoms with Crippen LogP contribution in [-0.2, 0) is 20.7 Å². The molecule has 0 aromatic carbocycles. The lowest BCUT2D eigenvalue weighted by molar-refractivity contribution is -0.143. The fourth-order valence-corrected chi connectivity index (χ4v) is 2.27. The van der Waals surface area contributed by atoms with E-state index in [1.54, 1.807) is 6.92 Å². The summed E-state index contributed by atoms with van der Waals surface area (Å²) in [5.74, 6) is 0.365. The Morgan fingerprint density at radius 3 is 2.90 bits per heavy atom. The molecule has 0 radical (unpaired) electrons. The smallest absolute Gasteiger partial charge is 0.305 e. The Balaban J connectivity index is 1.90. The van der Waals surface area contributed by atoms with Gasteiger partial charge < -0.3 is 20.1 Å². The highest BCUT2D eigenvalue weighted by Gasteiger charge is 2.13. The summed E-state index contributed by atoms with van der Waals surface area (Å²) in [6.07, 6.45) is 1.92. The van der Waals surface area contributed by atoms with E-state index >= 15 is 0 Å². The molecule has 0 unspecified atom stereocenters. The number of hydrogen-bond donors (Lipinski definition) is 1. The monoisotopic (exact) mass is 293 g/mol. The van der Waals surface area contributed by atoms with Gasteiger partial charge in [0.1, 0.15) is 5.82 Å². The molecule has 2 N–H and O–H groups in total. The molecule has 1 fully saturated rings. The first-order chi connectivity index (χ1) is 10.2. The number of anilines is 2. The highest BCUT2D eigenvalue weighted by atomic mass is 16.5. The maximum Gasteiger partial charge on any atom is 0.305 e. The lowest BCUT2D eigenvalue weighted by Gasteiger charge is -2.29. The molecule has 2 heterocycles. The Labute approximate surface area is 125 Å². The molecule has 1 saturated heterocycles. The number of aromatic nitrogens is 1. The van der Waals surface area contributed by atoms with Gasteiger partial charge in [0.15, 0.2) is 0 Å². The standard InChI is InChI=1S/C15H23N3O3/c1-2-15(19)21-7-3-4-12-10-13(11-14(16)17-12)18-5-8-20-9-6-18/h10-11H,2-9H2,1H3,(H2,16,17). The number of carbonyl (C=O) groups excluding carboxylic acids is 1. The van der Waals surface area contributed by atoms with Gasteiger partial charge in [-0.1, -0.05) is 6.92 Å². The van der Waals surface area contributed by atoms with Crippen LogP contribution in [0.5, 0.6) is 0 Å². The van der Waals surface area contributed by atoms with Gasteiger partial charge in [0, 0.05) is 37.0 Å². The van der Waals surface area contributed by atoms with E-state index in [9.17, 15) is 4.79 Å². The zero-order chi connectivity index (χ0) is 15.1. The Bertz CT molecular complexity index is 473. The first-order valence-corrected chi connectivity index (χ1v) is 7.44. The molecule has 21 heavy (non-hydrogen) atoms. The van der Waals surface area contributed by atoms with Crippen LogP contribution in [0.2, 0.25) is 0 Å². The van der Waals surface area contributed by atoms with Crippen molar-refractivity contribution in [3.05, 3.63) is 17.8 Å². The summed E-state index contributed by atoms with van der Waals surface area (Å²) in [6.45, 7) is 5.44. The molecule has 1 aliphatic heterocycles. The highest BCUT2D eigenvalue weighted by Crippen LogP contribution is 2.20. The molecule has 1 aliphatic rings. The summed E-state index contributed by atoms with van der Waals surface area (Å²) in [6, 6.07) is 3.95. The van der Waals surface area contributed by atoms with Gasteiger partial charge in [0.25, 0.3) is 0 Å². The fourth-order valence-electron chi connectivity index (χ4n) is 2.27. The van der Waals surface area contributed by atoms with Crippen LogP contribution >= 0.6 is 0 Å². The second kappa shape index (κ2) is 7.83. The number of nitrogens with zero attached hydrogens (tertiary/aromatic N) is 2. The predicted molar refractivity (Wildman–Crippen MR) is 81.3 cm³/mol. The molecule has 0 spiro atoms. The zero-order valence-electron chi connectivity index (χ0n) is 12.5. The largest absolute Gasteiger partial charge is 0.466 e. The molecule has 0 atom stereocenters. The van der Waals surface area contributed by atoms with Crippen LogP contribution in [0.1, 0.15) is 25.5 Å². The summed E-state index contributed by atoms with van der Waals surface area (Å²) >= 11 is 0. The molecule has 116 valence electrons. The topological polar surface area (TPSA) is 77.7 Å². The quantitative estimate of drug-likeness (QED) is 0.631. The third-order valence-electron chi connectivity index (χ3n) is 3.39. The number of rotatable bonds is 6. The molecule has 0 amide bonds. The number of pyridine rings is 1. The van der Waals surface area contributed by atoms with E-state index < -0.39 is 0 Å². The van der Waals surface area contributed by atoms with E-state index in [4.69, 9.17) is 15.2 Å². The van der Waals surface area contributed by atoms with Crippen LogP contribution in [0.25, 0.3) is 0 Å². The minimum atomic E-state index is -0.162. The van der Waals surface area contributed by atoms with Gasteiger partial charge in [0.05, 0.1) is 19.8 Å². The number of carbonyl (C=O) groups is 1. The minimum absolute atomic E-state index is 0.162. The lowest BCUT2D eigenvalue weighted by Crippen LogP contribution is -2.36. The second-order valence-corrected chi connectivity index (χ2v) is 5.02. The van der Waals surface area contributed by atoms with Crippen LogP contribution in [0.3, 0.4) is 0 Å². The lowest BCUT2D eigenvalue weighted by atomic mass is 10.2. The second-order valence-electron chi connectivity index (χ2n) is 5.02. The van der Waals surface area contributed by atoms with E-state index in [1.165, 1.54) is 0 Å². The molecule has 1 aromatic heterocycles. The molecular formula is C15H23N3O3. The normalized spacial score (nSPS) is 15.0. The summed E-state index contributed by atoms with van der Waals surface area (Å²) < 4.78 is 10.4. The molecule has 2 rings (SSSR count). The number of aryl methyl sites for hydroxylation is 1. The predicted octanol–water partition coefficient (Wildman–Crippen LogP) is 1.39. The number of nitrogen functional groups attached to an aromatic ring is 1. The van der Waals surface area contributed by atoms with Gasteiger partial charge in [-0.2, -0.15) is 0 Å². The number of esters is 1. The highest BCUT2D eigenvalue weighted by molar-refractivity contribution is 5.68. The van der Waals surface area contributed by atoms with Gasteiger partial charge in [-0.15, -0.1) is 0 Å². The number of ether oxygens (including phenoxy) is 2. The van der Waals surface area contributed by atoms with Crippen LogP contribution < -0.4 is 10.6 Å². The summed E-state index contributed by atoms with van der Waals surface area (Å²) in [4.78, 5) is 17.7. The summed E-state index contributed by atoms with van der Waals surface area (Å²) in [7, 11) is 0. The minimum Gasteiger partial charge on any atom is -0.466 e. The van der Waals surface area contributed by atoms with E-state index in [-0.39, 0.29) is 5.97 Å². The summed E-state index contributed by atoms with van der Waals surface area (Å²) in [5, 5.41) is 0. The molecule has 0 aliphatic carbocycles. The van der Waals surface area contributed by atoms with E-state index in [0.717, 1.165) is 50.5 Å². The zero-order valence-corrected chi connectivity index (χ0v) is 12.5. The van der Waals surface area contributed by atoms with Crippen molar-refractivity contribution in [2.75, 3.05) is 43.5 Å². The Hall–Kier alpha value is -1.82. The van der Waals surface area contributed by atoms with Crippen molar-refractivity contribution in [2.24, 2.45) is 0 Å². The van der Waals surface area contributed by atoms with E-state index in [1.807, 2.05) is 6.07 Å². The Morgan fingerprint density at radius 2 is 2.19 bits per heavy atom. The average Bonchev–Trinajstić information content (AvgIpc) is 2.51. The molecule has 0 saturated carbocycles. The molecule has 1 aromatic rings. The first kappa shape index (κ1) is 15.6. The molecule has 6 heteroatoms. The van der Waals surface area contributed by atoms with Crippen molar-refractivity contribution >= 4 is 17.5 Å². The van der Waals surface area contributed by atoms with E-state index in [0.29, 0.717) is 18.8 Å². The van der Waals surface area contributed by atoms with Gasteiger partial charge in [-0.3, -0.25) is 4.79 Å². The third kappa shape index (κ3) is 4.90. The van der Waals surface area contributed by atoms with Crippen molar-refractivity contribution in [1.29, 1.82) is 0 Å². The Kier molecular flexibility index (Phi) is 5.80. The van der Waals surface area contributed by atoms with Crippen molar-refractivity contribution in [1.82, 2.24) is 4.98 Å². The maximum atomic E-state index is 11.1. The van der Waals surface area contributed by atoms with Gasteiger partial charge >= 0.3 is 5.97 Å². The molecule has 0 bridgehead atoms. The fraction of sp³-hybridized carbons (Fsp3) is 0.600. The van der Waals surface area contributed by atoms with Gasteiger partial charge in [-0.25, -0.2) is 4.98 Å². The van der Waals surface area contributed by atoms with Crippen molar-refractivity contribution < 1.29 is 14.3 Å². The number of morpholine rings is 1. The van der Waals surface area contributed by atoms with Gasteiger partial charge in [-0.05, 0) is 18.9 Å². The van der Waals surface area contributed by atoms with Crippen LogP contribution in [-0.4, -0.2) is 43.9 Å². The Morgan fingerprint density at radius 1 is 1.43 bits per heavy atom. The van der Waals surface area contributed by atoms with Gasteiger partial charge in [0.2, 0.25) is 0 Å². The number of hydrogen-bond acceptors (Lipinski definition) is 6. The van der Waals surface area contributed by atoms with Crippen molar-refractivity contribution in [3.8, 4) is 0 Å². The molecular weight excluding hydrogens is 270 g/mol. The molecule has 6 nitrogen and oxygen atoms in total. The average molecular weight is 293 g/mol. The summed E-state index contributed by atoms with van der Waals surface area (Å²) in [5.41, 5.74) is 7.91. The van der Waals surface area contributed by atoms with Crippen LogP contribution in [0.15, 0.2) is 12.1 Å². The van der Waals surface area contributed by atoms with Crippen LogP contribution in [0, 0.1) is 0 Å². The van der Waals surface area contributed by atoms with E-state index in [2.05, 4.69) is 16.0 Å². The third-order valence-corrected chi connectivity index (χ3v) is 3.39. The SMILES string of the molecule is CCC(=O)OCCCc1cc(N2CCOCC2)cc(N)n1. The van der Waals surface area contributed by atoms with Crippen LogP contribution in [0.4, 0.5) is 11.5 Å². The number of nitrogens with two attached hydrogens (primary N) is 1.